The van der Waals surface area contributed by atoms with Gasteiger partial charge in [-0.3, -0.25) is 9.13 Å². The van der Waals surface area contributed by atoms with Crippen molar-refractivity contribution in [1.29, 1.82) is 0 Å². The summed E-state index contributed by atoms with van der Waals surface area (Å²) in [6.45, 7) is 2.29. The SMILES string of the molecule is CCn1c(=O)n([C@@H](c2cccc(F)c2)[C@@H](O)CNC)c2c(F)cccc21.Cl. The second-order valence-corrected chi connectivity index (χ2v) is 6.13. The third kappa shape index (κ3) is 3.76. The molecule has 0 spiro atoms. The fourth-order valence-electron chi connectivity index (χ4n) is 3.41. The number of aryl methyl sites for hydroxylation is 1. The van der Waals surface area contributed by atoms with Gasteiger partial charge in [0.15, 0.2) is 0 Å². The smallest absolute Gasteiger partial charge is 0.329 e. The molecule has 0 saturated heterocycles. The van der Waals surface area contributed by atoms with Crippen LogP contribution in [0.3, 0.4) is 0 Å². The summed E-state index contributed by atoms with van der Waals surface area (Å²) >= 11 is 0. The Balaban J connectivity index is 0.00000261. The third-order valence-corrected chi connectivity index (χ3v) is 4.50. The number of hydrogen-bond acceptors (Lipinski definition) is 3. The molecule has 2 atom stereocenters. The number of hydrogen-bond donors (Lipinski definition) is 2. The molecule has 0 aliphatic rings. The number of halogens is 3. The van der Waals surface area contributed by atoms with Crippen molar-refractivity contribution in [3.63, 3.8) is 0 Å². The standard InChI is InChI=1S/C19H21F2N3O2.ClH/c1-3-23-15-9-5-8-14(21)18(15)24(19(23)26)17(16(25)11-22-2)12-6-4-7-13(20)10-12;/h4-10,16-17,22,25H,3,11H2,1-2H3;1H/t16-,17-;/m0./s1. The van der Waals surface area contributed by atoms with Crippen LogP contribution in [0.5, 0.6) is 0 Å². The Hall–Kier alpha value is -2.22. The molecule has 0 bridgehead atoms. The lowest BCUT2D eigenvalue weighted by Crippen LogP contribution is -2.38. The lowest BCUT2D eigenvalue weighted by Gasteiger charge is -2.25. The maximum absolute atomic E-state index is 14.6. The molecule has 0 unspecified atom stereocenters. The highest BCUT2D eigenvalue weighted by molar-refractivity contribution is 5.85. The van der Waals surface area contributed by atoms with Gasteiger partial charge in [0.1, 0.15) is 17.2 Å². The van der Waals surface area contributed by atoms with Gasteiger partial charge >= 0.3 is 5.69 Å². The van der Waals surface area contributed by atoms with Crippen LogP contribution in [0.25, 0.3) is 11.0 Å². The van der Waals surface area contributed by atoms with Crippen LogP contribution in [0.15, 0.2) is 47.3 Å². The summed E-state index contributed by atoms with van der Waals surface area (Å²) in [5.74, 6) is -1.05. The molecule has 146 valence electrons. The zero-order valence-electron chi connectivity index (χ0n) is 15.0. The van der Waals surface area contributed by atoms with Gasteiger partial charge in [-0.15, -0.1) is 12.4 Å². The molecule has 0 aliphatic heterocycles. The van der Waals surface area contributed by atoms with E-state index in [1.54, 1.807) is 26.1 Å². The average Bonchev–Trinajstić information content (AvgIpc) is 2.89. The fraction of sp³-hybridized carbons (Fsp3) is 0.316. The van der Waals surface area contributed by atoms with E-state index >= 15 is 0 Å². The number of nitrogens with one attached hydrogen (secondary N) is 1. The van der Waals surface area contributed by atoms with Crippen molar-refractivity contribution >= 4 is 23.4 Å². The molecule has 1 aromatic heterocycles. The third-order valence-electron chi connectivity index (χ3n) is 4.50. The van der Waals surface area contributed by atoms with Crippen LogP contribution < -0.4 is 11.0 Å². The largest absolute Gasteiger partial charge is 0.389 e. The molecular formula is C19H22ClF2N3O2. The van der Waals surface area contributed by atoms with Crippen molar-refractivity contribution in [1.82, 2.24) is 14.5 Å². The van der Waals surface area contributed by atoms with E-state index in [4.69, 9.17) is 0 Å². The predicted molar refractivity (Wildman–Crippen MR) is 104 cm³/mol. The number of likely N-dealkylation sites (N-methyl/N-ethyl adjacent to an activating group) is 1. The first-order valence-corrected chi connectivity index (χ1v) is 8.47. The zero-order valence-corrected chi connectivity index (χ0v) is 15.8. The first-order valence-electron chi connectivity index (χ1n) is 8.47. The van der Waals surface area contributed by atoms with E-state index in [0.717, 1.165) is 0 Å². The minimum Gasteiger partial charge on any atom is -0.389 e. The molecule has 0 aliphatic carbocycles. The summed E-state index contributed by atoms with van der Waals surface area (Å²) in [5, 5.41) is 13.5. The van der Waals surface area contributed by atoms with Gasteiger partial charge in [-0.25, -0.2) is 13.6 Å². The van der Waals surface area contributed by atoms with Crippen molar-refractivity contribution in [3.05, 3.63) is 70.1 Å². The summed E-state index contributed by atoms with van der Waals surface area (Å²) in [6, 6.07) is 9.19. The molecule has 0 saturated carbocycles. The Morgan fingerprint density at radius 2 is 1.89 bits per heavy atom. The molecule has 2 N–H and O–H groups in total. The van der Waals surface area contributed by atoms with Crippen LogP contribution in [-0.2, 0) is 6.54 Å². The Bertz CT molecular complexity index is 987. The lowest BCUT2D eigenvalue weighted by molar-refractivity contribution is 0.130. The Morgan fingerprint density at radius 1 is 1.19 bits per heavy atom. The number of para-hydroxylation sites is 1. The summed E-state index contributed by atoms with van der Waals surface area (Å²) in [5.41, 5.74) is 0.490. The number of nitrogens with zero attached hydrogens (tertiary/aromatic N) is 2. The molecule has 27 heavy (non-hydrogen) atoms. The number of rotatable bonds is 6. The molecule has 3 aromatic rings. The highest BCUT2D eigenvalue weighted by Gasteiger charge is 2.29. The molecule has 8 heteroatoms. The zero-order chi connectivity index (χ0) is 18.8. The van der Waals surface area contributed by atoms with Gasteiger partial charge in [0, 0.05) is 13.1 Å². The van der Waals surface area contributed by atoms with Crippen LogP contribution in [0, 0.1) is 11.6 Å². The number of benzene rings is 2. The Morgan fingerprint density at radius 3 is 2.52 bits per heavy atom. The minimum absolute atomic E-state index is 0. The second kappa shape index (κ2) is 8.65. The lowest BCUT2D eigenvalue weighted by atomic mass is 10.0. The van der Waals surface area contributed by atoms with E-state index in [2.05, 4.69) is 5.32 Å². The maximum atomic E-state index is 14.6. The quantitative estimate of drug-likeness (QED) is 0.672. The number of aliphatic hydroxyl groups is 1. The minimum atomic E-state index is -1.06. The van der Waals surface area contributed by atoms with E-state index in [-0.39, 0.29) is 24.5 Å². The van der Waals surface area contributed by atoms with Crippen molar-refractivity contribution in [2.75, 3.05) is 13.6 Å². The van der Waals surface area contributed by atoms with Gasteiger partial charge in [-0.2, -0.15) is 0 Å². The van der Waals surface area contributed by atoms with Gasteiger partial charge in [0.2, 0.25) is 0 Å². The first-order chi connectivity index (χ1) is 12.5. The number of fused-ring (bicyclic) bond motifs is 1. The highest BCUT2D eigenvalue weighted by Crippen LogP contribution is 2.28. The maximum Gasteiger partial charge on any atom is 0.329 e. The summed E-state index contributed by atoms with van der Waals surface area (Å²) in [4.78, 5) is 13.0. The molecule has 0 radical (unpaired) electrons. The summed E-state index contributed by atoms with van der Waals surface area (Å²) < 4.78 is 31.1. The highest BCUT2D eigenvalue weighted by atomic mass is 35.5. The topological polar surface area (TPSA) is 59.2 Å². The molecule has 0 amide bonds. The van der Waals surface area contributed by atoms with Crippen LogP contribution in [0.4, 0.5) is 8.78 Å². The second-order valence-electron chi connectivity index (χ2n) is 6.13. The van der Waals surface area contributed by atoms with E-state index < -0.39 is 29.5 Å². The molecule has 2 aromatic carbocycles. The van der Waals surface area contributed by atoms with Crippen molar-refractivity contribution in [3.8, 4) is 0 Å². The van der Waals surface area contributed by atoms with E-state index in [9.17, 15) is 18.7 Å². The van der Waals surface area contributed by atoms with Crippen molar-refractivity contribution < 1.29 is 13.9 Å². The Labute approximate surface area is 161 Å². The van der Waals surface area contributed by atoms with E-state index in [1.165, 1.54) is 39.5 Å². The van der Waals surface area contributed by atoms with Gasteiger partial charge in [0.05, 0.1) is 17.7 Å². The average molecular weight is 398 g/mol. The van der Waals surface area contributed by atoms with E-state index in [1.807, 2.05) is 0 Å². The number of imidazole rings is 1. The number of aliphatic hydroxyl groups excluding tert-OH is 1. The molecule has 3 rings (SSSR count). The van der Waals surface area contributed by atoms with Gasteiger partial charge in [-0.1, -0.05) is 18.2 Å². The fourth-order valence-corrected chi connectivity index (χ4v) is 3.41. The summed E-state index contributed by atoms with van der Waals surface area (Å²) in [7, 11) is 1.66. The van der Waals surface area contributed by atoms with Crippen LogP contribution in [0.1, 0.15) is 18.5 Å². The molecular weight excluding hydrogens is 376 g/mol. The Kier molecular flexibility index (Phi) is 6.75. The summed E-state index contributed by atoms with van der Waals surface area (Å²) in [6.07, 6.45) is -1.06. The van der Waals surface area contributed by atoms with E-state index in [0.29, 0.717) is 17.6 Å². The normalized spacial score (nSPS) is 13.4. The molecule has 0 fully saturated rings. The predicted octanol–water partition coefficient (Wildman–Crippen LogP) is 2.69. The van der Waals surface area contributed by atoms with Crippen molar-refractivity contribution in [2.45, 2.75) is 25.6 Å². The molecule has 5 nitrogen and oxygen atoms in total. The first kappa shape index (κ1) is 21.1. The monoisotopic (exact) mass is 397 g/mol. The number of aromatic nitrogens is 2. The van der Waals surface area contributed by atoms with Gasteiger partial charge in [0.25, 0.3) is 0 Å². The van der Waals surface area contributed by atoms with Crippen molar-refractivity contribution in [2.24, 2.45) is 0 Å². The van der Waals surface area contributed by atoms with Crippen LogP contribution in [0.2, 0.25) is 0 Å². The van der Waals surface area contributed by atoms with Crippen LogP contribution in [-0.4, -0.2) is 33.9 Å². The van der Waals surface area contributed by atoms with Crippen LogP contribution >= 0.6 is 12.4 Å². The van der Waals surface area contributed by atoms with Gasteiger partial charge < -0.3 is 10.4 Å². The molecule has 1 heterocycles. The van der Waals surface area contributed by atoms with Gasteiger partial charge in [-0.05, 0) is 43.8 Å².